The maximum absolute atomic E-state index is 12.4. The van der Waals surface area contributed by atoms with Gasteiger partial charge in [-0.05, 0) is 56.7 Å². The Morgan fingerprint density at radius 1 is 1.07 bits per heavy atom. The summed E-state index contributed by atoms with van der Waals surface area (Å²) in [5, 5.41) is 5.64. The molecule has 6 nitrogen and oxygen atoms in total. The highest BCUT2D eigenvalue weighted by atomic mass is 16.5. The molecule has 0 aliphatic rings. The number of anilines is 1. The van der Waals surface area contributed by atoms with Gasteiger partial charge in [-0.3, -0.25) is 14.6 Å². The van der Waals surface area contributed by atoms with Crippen molar-refractivity contribution in [2.45, 2.75) is 46.1 Å². The topological polar surface area (TPSA) is 80.3 Å². The molecule has 27 heavy (non-hydrogen) atoms. The molecule has 0 aliphatic heterocycles. The maximum Gasteiger partial charge on any atom is 0.274 e. The van der Waals surface area contributed by atoms with Crippen LogP contribution in [0.2, 0.25) is 0 Å². The number of carbonyl (C=O) groups is 2. The van der Waals surface area contributed by atoms with Crippen LogP contribution < -0.4 is 15.4 Å². The highest BCUT2D eigenvalue weighted by molar-refractivity contribution is 6.04. The maximum atomic E-state index is 12.4. The minimum absolute atomic E-state index is 0.0884. The fourth-order valence-electron chi connectivity index (χ4n) is 2.46. The Morgan fingerprint density at radius 3 is 2.48 bits per heavy atom. The van der Waals surface area contributed by atoms with Crippen LogP contribution in [0.3, 0.4) is 0 Å². The summed E-state index contributed by atoms with van der Waals surface area (Å²) in [5.41, 5.74) is 1.25. The van der Waals surface area contributed by atoms with E-state index in [1.807, 2.05) is 13.8 Å². The third-order valence-electron chi connectivity index (χ3n) is 3.80. The lowest BCUT2D eigenvalue weighted by atomic mass is 10.2. The molecule has 0 fully saturated rings. The summed E-state index contributed by atoms with van der Waals surface area (Å²) in [6, 6.07) is 10.2. The van der Waals surface area contributed by atoms with Crippen LogP contribution in [0.15, 0.2) is 42.6 Å². The van der Waals surface area contributed by atoms with Crippen LogP contribution in [-0.4, -0.2) is 29.4 Å². The van der Waals surface area contributed by atoms with Gasteiger partial charge in [-0.2, -0.15) is 0 Å². The van der Waals surface area contributed by atoms with Crippen molar-refractivity contribution >= 4 is 17.5 Å². The van der Waals surface area contributed by atoms with Crippen LogP contribution in [-0.2, 0) is 0 Å². The molecule has 0 bridgehead atoms. The predicted octanol–water partition coefficient (Wildman–Crippen LogP) is 4.04. The van der Waals surface area contributed by atoms with Crippen molar-refractivity contribution in [3.05, 3.63) is 53.9 Å². The molecular formula is C21H27N3O3. The molecule has 144 valence electrons. The number of carbonyl (C=O) groups excluding carboxylic acids is 2. The Kier molecular flexibility index (Phi) is 7.79. The first-order valence-electron chi connectivity index (χ1n) is 9.32. The van der Waals surface area contributed by atoms with Gasteiger partial charge in [0.15, 0.2) is 0 Å². The van der Waals surface area contributed by atoms with Gasteiger partial charge >= 0.3 is 0 Å². The largest absolute Gasteiger partial charge is 0.491 e. The Bertz CT molecular complexity index is 758. The summed E-state index contributed by atoms with van der Waals surface area (Å²) in [5.74, 6) is 0.175. The van der Waals surface area contributed by atoms with Crippen molar-refractivity contribution < 1.29 is 14.3 Å². The number of hydrogen-bond donors (Lipinski definition) is 2. The fraction of sp³-hybridized carbons (Fsp3) is 0.381. The Labute approximate surface area is 160 Å². The highest BCUT2D eigenvalue weighted by Crippen LogP contribution is 2.17. The molecule has 0 saturated carbocycles. The molecule has 1 aromatic heterocycles. The van der Waals surface area contributed by atoms with Crippen molar-refractivity contribution in [3.8, 4) is 5.75 Å². The molecule has 0 atom stereocenters. The molecule has 0 saturated heterocycles. The van der Waals surface area contributed by atoms with E-state index in [1.54, 1.807) is 30.3 Å². The first-order valence-corrected chi connectivity index (χ1v) is 9.32. The van der Waals surface area contributed by atoms with E-state index < -0.39 is 0 Å². The van der Waals surface area contributed by atoms with Gasteiger partial charge in [0.1, 0.15) is 11.4 Å². The van der Waals surface area contributed by atoms with Gasteiger partial charge in [0.2, 0.25) is 0 Å². The van der Waals surface area contributed by atoms with Crippen LogP contribution >= 0.6 is 0 Å². The van der Waals surface area contributed by atoms with E-state index in [-0.39, 0.29) is 23.6 Å². The normalized spacial score (nSPS) is 10.5. The lowest BCUT2D eigenvalue weighted by Crippen LogP contribution is -2.25. The molecule has 2 rings (SSSR count). The van der Waals surface area contributed by atoms with E-state index >= 15 is 0 Å². The number of rotatable bonds is 9. The van der Waals surface area contributed by atoms with Crippen LogP contribution in [0.4, 0.5) is 5.69 Å². The third kappa shape index (κ3) is 6.73. The second kappa shape index (κ2) is 10.3. The molecule has 0 unspecified atom stereocenters. The molecule has 0 spiro atoms. The second-order valence-corrected chi connectivity index (χ2v) is 6.54. The number of nitrogens with one attached hydrogen (secondary N) is 2. The van der Waals surface area contributed by atoms with E-state index in [2.05, 4.69) is 22.5 Å². The first-order chi connectivity index (χ1) is 13.0. The number of pyridine rings is 1. The zero-order chi connectivity index (χ0) is 19.6. The smallest absolute Gasteiger partial charge is 0.274 e. The van der Waals surface area contributed by atoms with Crippen molar-refractivity contribution in [3.63, 3.8) is 0 Å². The molecule has 2 N–H and O–H groups in total. The zero-order valence-corrected chi connectivity index (χ0v) is 16.1. The SMILES string of the molecule is CCCCCNC(=O)c1ccnc(C(=O)Nc2ccc(OC(C)C)cc2)c1. The van der Waals surface area contributed by atoms with Gasteiger partial charge in [-0.25, -0.2) is 0 Å². The van der Waals surface area contributed by atoms with E-state index in [9.17, 15) is 9.59 Å². The Hall–Kier alpha value is -2.89. The average Bonchev–Trinajstić information content (AvgIpc) is 2.66. The van der Waals surface area contributed by atoms with Crippen LogP contribution in [0.5, 0.6) is 5.75 Å². The number of hydrogen-bond acceptors (Lipinski definition) is 4. The minimum Gasteiger partial charge on any atom is -0.491 e. The molecule has 2 amide bonds. The van der Waals surface area contributed by atoms with Crippen molar-refractivity contribution in [2.75, 3.05) is 11.9 Å². The molecule has 0 radical (unpaired) electrons. The number of unbranched alkanes of at least 4 members (excludes halogenated alkanes) is 2. The highest BCUT2D eigenvalue weighted by Gasteiger charge is 2.12. The molecule has 6 heteroatoms. The van der Waals surface area contributed by atoms with Gasteiger partial charge in [0.05, 0.1) is 6.10 Å². The number of nitrogens with zero attached hydrogens (tertiary/aromatic N) is 1. The lowest BCUT2D eigenvalue weighted by molar-refractivity contribution is 0.0953. The van der Waals surface area contributed by atoms with Crippen molar-refractivity contribution in [2.24, 2.45) is 0 Å². The third-order valence-corrected chi connectivity index (χ3v) is 3.80. The average molecular weight is 369 g/mol. The van der Waals surface area contributed by atoms with Crippen LogP contribution in [0, 0.1) is 0 Å². The summed E-state index contributed by atoms with van der Waals surface area (Å²) >= 11 is 0. The zero-order valence-electron chi connectivity index (χ0n) is 16.1. The monoisotopic (exact) mass is 369 g/mol. The quantitative estimate of drug-likeness (QED) is 0.654. The van der Waals surface area contributed by atoms with Gasteiger partial charge in [-0.15, -0.1) is 0 Å². The minimum atomic E-state index is -0.367. The van der Waals surface area contributed by atoms with E-state index in [0.29, 0.717) is 17.8 Å². The van der Waals surface area contributed by atoms with Crippen LogP contribution in [0.1, 0.15) is 60.9 Å². The Balaban J connectivity index is 1.97. The van der Waals surface area contributed by atoms with Gasteiger partial charge in [-0.1, -0.05) is 19.8 Å². The van der Waals surface area contributed by atoms with Crippen LogP contribution in [0.25, 0.3) is 0 Å². The summed E-state index contributed by atoms with van der Waals surface area (Å²) in [6.07, 6.45) is 4.67. The molecular weight excluding hydrogens is 342 g/mol. The fourth-order valence-corrected chi connectivity index (χ4v) is 2.46. The van der Waals surface area contributed by atoms with Gasteiger partial charge in [0.25, 0.3) is 11.8 Å². The van der Waals surface area contributed by atoms with Crippen molar-refractivity contribution in [1.29, 1.82) is 0 Å². The summed E-state index contributed by atoms with van der Waals surface area (Å²) < 4.78 is 5.58. The van der Waals surface area contributed by atoms with Gasteiger partial charge < -0.3 is 15.4 Å². The molecule has 1 heterocycles. The van der Waals surface area contributed by atoms with E-state index in [4.69, 9.17) is 4.74 Å². The molecule has 1 aromatic carbocycles. The number of ether oxygens (including phenoxy) is 1. The number of aromatic nitrogens is 1. The van der Waals surface area contributed by atoms with Crippen molar-refractivity contribution in [1.82, 2.24) is 10.3 Å². The second-order valence-electron chi connectivity index (χ2n) is 6.54. The molecule has 0 aliphatic carbocycles. The van der Waals surface area contributed by atoms with E-state index in [1.165, 1.54) is 12.3 Å². The summed E-state index contributed by atoms with van der Waals surface area (Å²) in [7, 11) is 0. The number of benzene rings is 1. The summed E-state index contributed by atoms with van der Waals surface area (Å²) in [4.78, 5) is 28.7. The Morgan fingerprint density at radius 2 is 1.81 bits per heavy atom. The predicted molar refractivity (Wildman–Crippen MR) is 106 cm³/mol. The standard InChI is InChI=1S/C21H27N3O3/c1-4-5-6-12-23-20(25)16-11-13-22-19(14-16)21(26)24-17-7-9-18(10-8-17)27-15(2)3/h7-11,13-15H,4-6,12H2,1-3H3,(H,23,25)(H,24,26). The number of amides is 2. The van der Waals surface area contributed by atoms with Gasteiger partial charge in [0, 0.05) is 24.0 Å². The van der Waals surface area contributed by atoms with E-state index in [0.717, 1.165) is 25.0 Å². The lowest BCUT2D eigenvalue weighted by Gasteiger charge is -2.11. The first kappa shape index (κ1) is 20.4. The molecule has 2 aromatic rings. The summed E-state index contributed by atoms with van der Waals surface area (Å²) in [6.45, 7) is 6.64.